The molecule has 6 nitrogen and oxygen atoms in total. The standard InChI is InChI=1S/C21H35N5O/c1-16(23-19-9-13-25(14-10-19)18(3)27)20-15-22-21(24-17(20)2)26-11-7-5-4-6-8-12-26/h15-16,19,23H,4-14H2,1-3H3. The highest BCUT2D eigenvalue weighted by atomic mass is 16.2. The molecule has 1 aromatic heterocycles. The van der Waals surface area contributed by atoms with Gasteiger partial charge in [-0.3, -0.25) is 4.79 Å². The van der Waals surface area contributed by atoms with Crippen LogP contribution in [0.1, 0.15) is 76.1 Å². The molecule has 3 rings (SSSR count). The molecular weight excluding hydrogens is 338 g/mol. The molecule has 1 N–H and O–H groups in total. The van der Waals surface area contributed by atoms with Crippen LogP contribution in [0.25, 0.3) is 0 Å². The van der Waals surface area contributed by atoms with Crippen molar-refractivity contribution in [2.24, 2.45) is 0 Å². The van der Waals surface area contributed by atoms with Crippen LogP contribution in [0.2, 0.25) is 0 Å². The van der Waals surface area contributed by atoms with Crippen LogP contribution in [-0.4, -0.2) is 53.0 Å². The monoisotopic (exact) mass is 373 g/mol. The number of hydrogen-bond acceptors (Lipinski definition) is 5. The first-order valence-corrected chi connectivity index (χ1v) is 10.6. The molecule has 0 aliphatic carbocycles. The van der Waals surface area contributed by atoms with Crippen LogP contribution < -0.4 is 10.2 Å². The molecule has 0 spiro atoms. The first-order valence-electron chi connectivity index (χ1n) is 10.6. The fraction of sp³-hybridized carbons (Fsp3) is 0.762. The van der Waals surface area contributed by atoms with Crippen molar-refractivity contribution in [3.8, 4) is 0 Å². The number of nitrogens with one attached hydrogen (secondary N) is 1. The lowest BCUT2D eigenvalue weighted by Crippen LogP contribution is -2.44. The van der Waals surface area contributed by atoms with Crippen molar-refractivity contribution in [2.75, 3.05) is 31.1 Å². The fourth-order valence-corrected chi connectivity index (χ4v) is 4.29. The summed E-state index contributed by atoms with van der Waals surface area (Å²) in [7, 11) is 0. The lowest BCUT2D eigenvalue weighted by molar-refractivity contribution is -0.129. The number of likely N-dealkylation sites (tertiary alicyclic amines) is 1. The summed E-state index contributed by atoms with van der Waals surface area (Å²) in [5.41, 5.74) is 2.25. The molecule has 1 unspecified atom stereocenters. The number of carbonyl (C=O) groups is 1. The number of nitrogens with zero attached hydrogens (tertiary/aromatic N) is 4. The Morgan fingerprint density at radius 2 is 1.74 bits per heavy atom. The van der Waals surface area contributed by atoms with Gasteiger partial charge in [0.15, 0.2) is 0 Å². The zero-order valence-electron chi connectivity index (χ0n) is 17.2. The molecule has 1 amide bonds. The first-order chi connectivity index (χ1) is 13.0. The van der Waals surface area contributed by atoms with Gasteiger partial charge in [0, 0.05) is 62.6 Å². The largest absolute Gasteiger partial charge is 0.343 e. The van der Waals surface area contributed by atoms with Crippen LogP contribution in [-0.2, 0) is 4.79 Å². The molecule has 0 radical (unpaired) electrons. The van der Waals surface area contributed by atoms with Gasteiger partial charge >= 0.3 is 0 Å². The van der Waals surface area contributed by atoms with E-state index in [9.17, 15) is 4.79 Å². The summed E-state index contributed by atoms with van der Waals surface area (Å²) in [5, 5.41) is 3.72. The zero-order valence-corrected chi connectivity index (χ0v) is 17.2. The van der Waals surface area contributed by atoms with Gasteiger partial charge in [0.1, 0.15) is 0 Å². The van der Waals surface area contributed by atoms with Crippen LogP contribution >= 0.6 is 0 Å². The summed E-state index contributed by atoms with van der Waals surface area (Å²) < 4.78 is 0. The van der Waals surface area contributed by atoms with Crippen molar-refractivity contribution in [3.63, 3.8) is 0 Å². The minimum atomic E-state index is 0.186. The second kappa shape index (κ2) is 9.49. The number of carbonyl (C=O) groups excluding carboxylic acids is 1. The summed E-state index contributed by atoms with van der Waals surface area (Å²) in [6.45, 7) is 9.79. The predicted molar refractivity (Wildman–Crippen MR) is 109 cm³/mol. The fourth-order valence-electron chi connectivity index (χ4n) is 4.29. The lowest BCUT2D eigenvalue weighted by atomic mass is 10.0. The lowest BCUT2D eigenvalue weighted by Gasteiger charge is -2.33. The third kappa shape index (κ3) is 5.41. The van der Waals surface area contributed by atoms with Crippen LogP contribution in [0.3, 0.4) is 0 Å². The molecule has 2 aliphatic rings. The predicted octanol–water partition coefficient (Wildman–Crippen LogP) is 3.22. The highest BCUT2D eigenvalue weighted by molar-refractivity contribution is 5.73. The smallest absolute Gasteiger partial charge is 0.225 e. The Hall–Kier alpha value is -1.69. The maximum atomic E-state index is 11.5. The summed E-state index contributed by atoms with van der Waals surface area (Å²) in [5.74, 6) is 1.07. The number of anilines is 1. The normalized spacial score (nSPS) is 20.9. The van der Waals surface area contributed by atoms with Gasteiger partial charge < -0.3 is 15.1 Å². The molecule has 2 fully saturated rings. The molecule has 150 valence electrons. The Kier molecular flexibility index (Phi) is 7.05. The third-order valence-electron chi connectivity index (χ3n) is 6.04. The van der Waals surface area contributed by atoms with Crippen molar-refractivity contribution < 1.29 is 4.79 Å². The van der Waals surface area contributed by atoms with Crippen molar-refractivity contribution in [3.05, 3.63) is 17.5 Å². The molecule has 0 saturated carbocycles. The number of amides is 1. The van der Waals surface area contributed by atoms with Gasteiger partial charge in [-0.25, -0.2) is 9.97 Å². The van der Waals surface area contributed by atoms with E-state index in [1.54, 1.807) is 6.92 Å². The molecular formula is C21H35N5O. The van der Waals surface area contributed by atoms with Crippen LogP contribution in [0.4, 0.5) is 5.95 Å². The van der Waals surface area contributed by atoms with E-state index in [0.29, 0.717) is 6.04 Å². The molecule has 0 bridgehead atoms. The van der Waals surface area contributed by atoms with E-state index >= 15 is 0 Å². The number of aryl methyl sites for hydroxylation is 1. The molecule has 6 heteroatoms. The SMILES string of the molecule is CC(=O)N1CCC(NC(C)c2cnc(N3CCCCCCC3)nc2C)CC1. The summed E-state index contributed by atoms with van der Waals surface area (Å²) in [6.07, 6.45) is 10.5. The van der Waals surface area contributed by atoms with Crippen molar-refractivity contribution >= 4 is 11.9 Å². The zero-order chi connectivity index (χ0) is 19.2. The number of rotatable bonds is 4. The highest BCUT2D eigenvalue weighted by Crippen LogP contribution is 2.22. The highest BCUT2D eigenvalue weighted by Gasteiger charge is 2.23. The van der Waals surface area contributed by atoms with Crippen molar-refractivity contribution in [1.29, 1.82) is 0 Å². The van der Waals surface area contributed by atoms with Gasteiger partial charge in [-0.1, -0.05) is 19.3 Å². The van der Waals surface area contributed by atoms with Gasteiger partial charge in [-0.2, -0.15) is 0 Å². The molecule has 1 atom stereocenters. The van der Waals surface area contributed by atoms with E-state index in [0.717, 1.165) is 50.7 Å². The average Bonchev–Trinajstić information content (AvgIpc) is 2.61. The Bertz CT molecular complexity index is 619. The Labute approximate surface area is 163 Å². The Balaban J connectivity index is 1.59. The molecule has 2 aliphatic heterocycles. The van der Waals surface area contributed by atoms with Crippen molar-refractivity contribution in [1.82, 2.24) is 20.2 Å². The van der Waals surface area contributed by atoms with Crippen LogP contribution in [0.5, 0.6) is 0 Å². The minimum Gasteiger partial charge on any atom is -0.343 e. The first kappa shape index (κ1) is 20.1. The molecule has 0 aromatic carbocycles. The Morgan fingerprint density at radius 3 is 2.33 bits per heavy atom. The van der Waals surface area contributed by atoms with Crippen molar-refractivity contribution in [2.45, 2.75) is 77.8 Å². The average molecular weight is 374 g/mol. The van der Waals surface area contributed by atoms with E-state index in [1.807, 2.05) is 11.1 Å². The number of aromatic nitrogens is 2. The summed E-state index contributed by atoms with van der Waals surface area (Å²) >= 11 is 0. The Morgan fingerprint density at radius 1 is 1.11 bits per heavy atom. The van der Waals surface area contributed by atoms with E-state index in [4.69, 9.17) is 9.97 Å². The van der Waals surface area contributed by atoms with Gasteiger partial charge in [-0.05, 0) is 39.5 Å². The summed E-state index contributed by atoms with van der Waals surface area (Å²) in [4.78, 5) is 25.3. The van der Waals surface area contributed by atoms with E-state index in [-0.39, 0.29) is 11.9 Å². The number of hydrogen-bond donors (Lipinski definition) is 1. The molecule has 2 saturated heterocycles. The maximum absolute atomic E-state index is 11.5. The van der Waals surface area contributed by atoms with Gasteiger partial charge in [0.05, 0.1) is 0 Å². The number of piperidine rings is 1. The molecule has 1 aromatic rings. The van der Waals surface area contributed by atoms with Crippen LogP contribution in [0.15, 0.2) is 6.20 Å². The third-order valence-corrected chi connectivity index (χ3v) is 6.04. The quantitative estimate of drug-likeness (QED) is 0.878. The molecule has 27 heavy (non-hydrogen) atoms. The maximum Gasteiger partial charge on any atom is 0.225 e. The van der Waals surface area contributed by atoms with Gasteiger partial charge in [0.25, 0.3) is 0 Å². The minimum absolute atomic E-state index is 0.186. The van der Waals surface area contributed by atoms with Gasteiger partial charge in [0.2, 0.25) is 11.9 Å². The van der Waals surface area contributed by atoms with Crippen LogP contribution in [0, 0.1) is 6.92 Å². The second-order valence-corrected chi connectivity index (χ2v) is 8.13. The molecule has 3 heterocycles. The summed E-state index contributed by atoms with van der Waals surface area (Å²) in [6, 6.07) is 0.671. The van der Waals surface area contributed by atoms with E-state index in [1.165, 1.54) is 37.7 Å². The topological polar surface area (TPSA) is 61.4 Å². The van der Waals surface area contributed by atoms with Gasteiger partial charge in [-0.15, -0.1) is 0 Å². The van der Waals surface area contributed by atoms with E-state index in [2.05, 4.69) is 24.1 Å². The second-order valence-electron chi connectivity index (χ2n) is 8.13. The van der Waals surface area contributed by atoms with E-state index < -0.39 is 0 Å².